The van der Waals surface area contributed by atoms with Crippen LogP contribution < -0.4 is 14.8 Å². The van der Waals surface area contributed by atoms with Crippen molar-refractivity contribution >= 4 is 5.91 Å². The van der Waals surface area contributed by atoms with Crippen molar-refractivity contribution in [1.29, 1.82) is 0 Å². The molecule has 2 heterocycles. The fourth-order valence-corrected chi connectivity index (χ4v) is 3.24. The zero-order valence-corrected chi connectivity index (χ0v) is 14.6. The van der Waals surface area contributed by atoms with Gasteiger partial charge in [0.2, 0.25) is 12.7 Å². The third-order valence-corrected chi connectivity index (χ3v) is 4.93. The lowest BCUT2D eigenvalue weighted by molar-refractivity contribution is -0.121. The summed E-state index contributed by atoms with van der Waals surface area (Å²) in [5.41, 5.74) is 1.02. The number of rotatable bonds is 6. The fourth-order valence-electron chi connectivity index (χ4n) is 3.24. The van der Waals surface area contributed by atoms with E-state index in [1.165, 1.54) is 12.8 Å². The van der Waals surface area contributed by atoms with Crippen LogP contribution >= 0.6 is 0 Å². The molecule has 0 atom stereocenters. The van der Waals surface area contributed by atoms with Crippen LogP contribution in [0.1, 0.15) is 24.8 Å². The van der Waals surface area contributed by atoms with E-state index in [-0.39, 0.29) is 12.7 Å². The van der Waals surface area contributed by atoms with Gasteiger partial charge in [-0.2, -0.15) is 0 Å². The zero-order valence-electron chi connectivity index (χ0n) is 14.6. The van der Waals surface area contributed by atoms with Crippen LogP contribution in [0.25, 0.3) is 0 Å². The summed E-state index contributed by atoms with van der Waals surface area (Å²) in [6, 6.07) is 6.37. The van der Waals surface area contributed by atoms with Crippen LogP contribution in [-0.2, 0) is 11.3 Å². The van der Waals surface area contributed by atoms with Gasteiger partial charge < -0.3 is 24.6 Å². The third-order valence-electron chi connectivity index (χ3n) is 4.93. The Morgan fingerprint density at radius 2 is 2.04 bits per heavy atom. The van der Waals surface area contributed by atoms with Gasteiger partial charge in [-0.15, -0.1) is 0 Å². The number of ether oxygens (including phenoxy) is 2. The molecule has 3 rings (SSSR count). The van der Waals surface area contributed by atoms with Crippen molar-refractivity contribution in [3.8, 4) is 11.5 Å². The van der Waals surface area contributed by atoms with Gasteiger partial charge in [-0.05, 0) is 57.7 Å². The Labute approximate surface area is 143 Å². The second-order valence-electron chi connectivity index (χ2n) is 6.73. The number of likely N-dealkylation sites (tertiary alicyclic amines) is 1. The molecule has 1 saturated heterocycles. The van der Waals surface area contributed by atoms with E-state index < -0.39 is 0 Å². The van der Waals surface area contributed by atoms with Gasteiger partial charge in [-0.25, -0.2) is 0 Å². The molecular formula is C18H27N3O3. The van der Waals surface area contributed by atoms with Crippen molar-refractivity contribution in [1.82, 2.24) is 15.1 Å². The largest absolute Gasteiger partial charge is 0.454 e. The van der Waals surface area contributed by atoms with Crippen LogP contribution in [0.5, 0.6) is 11.5 Å². The molecule has 1 amide bonds. The number of carbonyl (C=O) groups excluding carboxylic acids is 1. The first-order valence-electron chi connectivity index (χ1n) is 8.66. The highest BCUT2D eigenvalue weighted by molar-refractivity contribution is 5.76. The van der Waals surface area contributed by atoms with Crippen LogP contribution in [0.3, 0.4) is 0 Å². The first-order chi connectivity index (χ1) is 11.6. The highest BCUT2D eigenvalue weighted by atomic mass is 16.7. The van der Waals surface area contributed by atoms with Gasteiger partial charge >= 0.3 is 0 Å². The van der Waals surface area contributed by atoms with Gasteiger partial charge in [0.1, 0.15) is 0 Å². The number of hydrogen-bond acceptors (Lipinski definition) is 5. The van der Waals surface area contributed by atoms with Crippen molar-refractivity contribution in [2.45, 2.75) is 31.8 Å². The topological polar surface area (TPSA) is 54.0 Å². The molecule has 1 fully saturated rings. The zero-order chi connectivity index (χ0) is 16.9. The van der Waals surface area contributed by atoms with E-state index in [2.05, 4.69) is 29.2 Å². The molecule has 1 aromatic carbocycles. The van der Waals surface area contributed by atoms with E-state index in [4.69, 9.17) is 9.47 Å². The standard InChI is InChI=1S/C18H27N3O3/c1-20-8-5-15(6-9-20)21(2)10-7-18(22)19-12-14-3-4-16-17(11-14)24-13-23-16/h3-4,11,15H,5-10,12-13H2,1-2H3,(H,19,22). The van der Waals surface area contributed by atoms with Crippen LogP contribution in [0.4, 0.5) is 0 Å². The molecule has 1 N–H and O–H groups in total. The second kappa shape index (κ2) is 7.85. The molecule has 0 unspecified atom stereocenters. The number of nitrogens with one attached hydrogen (secondary N) is 1. The minimum Gasteiger partial charge on any atom is -0.454 e. The number of hydrogen-bond donors (Lipinski definition) is 1. The third kappa shape index (κ3) is 4.39. The van der Waals surface area contributed by atoms with Gasteiger partial charge in [-0.1, -0.05) is 6.07 Å². The van der Waals surface area contributed by atoms with Gasteiger partial charge in [0, 0.05) is 25.6 Å². The summed E-state index contributed by atoms with van der Waals surface area (Å²) in [5, 5.41) is 2.99. The minimum absolute atomic E-state index is 0.0902. The average molecular weight is 333 g/mol. The van der Waals surface area contributed by atoms with Crippen molar-refractivity contribution in [3.05, 3.63) is 23.8 Å². The minimum atomic E-state index is 0.0902. The SMILES string of the molecule is CN1CCC(N(C)CCC(=O)NCc2ccc3c(c2)OCO3)CC1. The number of nitrogens with zero attached hydrogens (tertiary/aromatic N) is 2. The quantitative estimate of drug-likeness (QED) is 0.854. The van der Waals surface area contributed by atoms with E-state index in [0.29, 0.717) is 19.0 Å². The van der Waals surface area contributed by atoms with Crippen LogP contribution in [-0.4, -0.2) is 62.3 Å². The van der Waals surface area contributed by atoms with Crippen LogP contribution in [0, 0.1) is 0 Å². The summed E-state index contributed by atoms with van der Waals surface area (Å²) in [5.74, 6) is 1.61. The maximum absolute atomic E-state index is 12.1. The van der Waals surface area contributed by atoms with E-state index in [9.17, 15) is 4.79 Å². The molecule has 132 valence electrons. The molecule has 0 spiro atoms. The molecule has 1 aromatic rings. The molecule has 24 heavy (non-hydrogen) atoms. The van der Waals surface area contributed by atoms with Crippen molar-refractivity contribution in [2.24, 2.45) is 0 Å². The smallest absolute Gasteiger partial charge is 0.231 e. The average Bonchev–Trinajstić information content (AvgIpc) is 3.06. The van der Waals surface area contributed by atoms with Crippen molar-refractivity contribution in [3.63, 3.8) is 0 Å². The van der Waals surface area contributed by atoms with E-state index in [1.54, 1.807) is 0 Å². The molecular weight excluding hydrogens is 306 g/mol. The van der Waals surface area contributed by atoms with Crippen molar-refractivity contribution < 1.29 is 14.3 Å². The molecule has 0 aliphatic carbocycles. The lowest BCUT2D eigenvalue weighted by Gasteiger charge is -2.35. The lowest BCUT2D eigenvalue weighted by atomic mass is 10.0. The summed E-state index contributed by atoms with van der Waals surface area (Å²) >= 11 is 0. The number of carbonyl (C=O) groups is 1. The van der Waals surface area contributed by atoms with E-state index in [0.717, 1.165) is 36.7 Å². The molecule has 0 saturated carbocycles. The van der Waals surface area contributed by atoms with Gasteiger partial charge in [-0.3, -0.25) is 4.79 Å². The Kier molecular flexibility index (Phi) is 5.58. The monoisotopic (exact) mass is 333 g/mol. The van der Waals surface area contributed by atoms with Gasteiger partial charge in [0.25, 0.3) is 0 Å². The maximum Gasteiger partial charge on any atom is 0.231 e. The fraction of sp³-hybridized carbons (Fsp3) is 0.611. The number of benzene rings is 1. The Balaban J connectivity index is 1.38. The maximum atomic E-state index is 12.1. The highest BCUT2D eigenvalue weighted by Gasteiger charge is 2.20. The Bertz CT molecular complexity index is 571. The van der Waals surface area contributed by atoms with Gasteiger partial charge in [0.05, 0.1) is 0 Å². The molecule has 2 aliphatic rings. The summed E-state index contributed by atoms with van der Waals surface area (Å²) in [6.07, 6.45) is 2.91. The number of piperidine rings is 1. The van der Waals surface area contributed by atoms with Gasteiger partial charge in [0.15, 0.2) is 11.5 Å². The highest BCUT2D eigenvalue weighted by Crippen LogP contribution is 2.32. The van der Waals surface area contributed by atoms with Crippen LogP contribution in [0.15, 0.2) is 18.2 Å². The molecule has 2 aliphatic heterocycles. The Morgan fingerprint density at radius 1 is 1.29 bits per heavy atom. The van der Waals surface area contributed by atoms with E-state index in [1.807, 2.05) is 18.2 Å². The first-order valence-corrected chi connectivity index (χ1v) is 8.66. The van der Waals surface area contributed by atoms with Crippen LogP contribution in [0.2, 0.25) is 0 Å². The predicted octanol–water partition coefficient (Wildman–Crippen LogP) is 1.45. The molecule has 0 aromatic heterocycles. The second-order valence-corrected chi connectivity index (χ2v) is 6.73. The number of amides is 1. The molecule has 0 radical (unpaired) electrons. The summed E-state index contributed by atoms with van der Waals surface area (Å²) < 4.78 is 10.6. The lowest BCUT2D eigenvalue weighted by Crippen LogP contribution is -2.43. The van der Waals surface area contributed by atoms with E-state index >= 15 is 0 Å². The van der Waals surface area contributed by atoms with Crippen molar-refractivity contribution in [2.75, 3.05) is 40.5 Å². The Morgan fingerprint density at radius 3 is 2.83 bits per heavy atom. The summed E-state index contributed by atoms with van der Waals surface area (Å²) in [7, 11) is 4.29. The Hall–Kier alpha value is -1.79. The normalized spacial score (nSPS) is 18.1. The summed E-state index contributed by atoms with van der Waals surface area (Å²) in [6.45, 7) is 3.89. The number of fused-ring (bicyclic) bond motifs is 1. The summed E-state index contributed by atoms with van der Waals surface area (Å²) in [4.78, 5) is 16.8. The molecule has 0 bridgehead atoms. The predicted molar refractivity (Wildman–Crippen MR) is 92.2 cm³/mol. The molecule has 6 nitrogen and oxygen atoms in total. The first kappa shape index (κ1) is 17.0. The molecule has 6 heteroatoms.